The molecule has 1 aromatic carbocycles. The molecule has 0 unspecified atom stereocenters. The van der Waals surface area contributed by atoms with Crippen LogP contribution in [0.2, 0.25) is 0 Å². The average molecular weight is 222 g/mol. The first-order valence-corrected chi connectivity index (χ1v) is 5.25. The summed E-state index contributed by atoms with van der Waals surface area (Å²) in [5.74, 6) is 0. The minimum absolute atomic E-state index is 0.123. The van der Waals surface area contributed by atoms with Crippen molar-refractivity contribution in [3.63, 3.8) is 0 Å². The zero-order valence-electron chi connectivity index (χ0n) is 9.08. The third-order valence-electron chi connectivity index (χ3n) is 2.82. The van der Waals surface area contributed by atoms with E-state index in [9.17, 15) is 0 Å². The molecule has 1 aliphatic heterocycles. The molecule has 1 heterocycles. The molecule has 2 rings (SSSR count). The number of nitrogens with zero attached hydrogens (tertiary/aromatic N) is 3. The Morgan fingerprint density at radius 2 is 1.56 bits per heavy atom. The second-order valence-corrected chi connectivity index (χ2v) is 3.91. The third-order valence-corrected chi connectivity index (χ3v) is 2.82. The zero-order chi connectivity index (χ0) is 11.5. The Kier molecular flexibility index (Phi) is 3.28. The van der Waals surface area contributed by atoms with Crippen molar-refractivity contribution in [3.05, 3.63) is 31.3 Å². The Labute approximate surface area is 95.0 Å². The Balaban J connectivity index is 2.04. The molecule has 16 heavy (non-hydrogen) atoms. The minimum Gasteiger partial charge on any atom is -0.456 e. The van der Waals surface area contributed by atoms with E-state index < -0.39 is 0 Å². The number of hydrogen-bond donors (Lipinski definition) is 2. The molecular formula is C11H16N3O2-. The van der Waals surface area contributed by atoms with Crippen LogP contribution in [0.25, 0.3) is 0 Å². The molecule has 0 amide bonds. The van der Waals surface area contributed by atoms with Crippen molar-refractivity contribution < 1.29 is 10.4 Å². The Bertz CT molecular complexity index is 332. The first-order valence-electron chi connectivity index (χ1n) is 5.25. The first kappa shape index (κ1) is 11.2. The monoisotopic (exact) mass is 222 g/mol. The van der Waals surface area contributed by atoms with E-state index >= 15 is 0 Å². The number of rotatable bonds is 2. The van der Waals surface area contributed by atoms with Crippen molar-refractivity contribution in [2.45, 2.75) is 0 Å². The molecule has 1 aliphatic rings. The fourth-order valence-corrected chi connectivity index (χ4v) is 1.80. The highest BCUT2D eigenvalue weighted by molar-refractivity contribution is 5.54. The summed E-state index contributed by atoms with van der Waals surface area (Å²) in [7, 11) is 3.90. The highest BCUT2D eigenvalue weighted by atomic mass is 16.8. The number of anilines is 2. The predicted octanol–water partition coefficient (Wildman–Crippen LogP) is 1.18. The van der Waals surface area contributed by atoms with Crippen molar-refractivity contribution >= 4 is 11.4 Å². The van der Waals surface area contributed by atoms with Crippen LogP contribution in [0.1, 0.15) is 0 Å². The van der Waals surface area contributed by atoms with E-state index in [1.165, 1.54) is 0 Å². The van der Waals surface area contributed by atoms with E-state index in [2.05, 4.69) is 11.9 Å². The van der Waals surface area contributed by atoms with Gasteiger partial charge in [-0.25, -0.2) is 0 Å². The van der Waals surface area contributed by atoms with E-state index in [4.69, 9.17) is 10.4 Å². The lowest BCUT2D eigenvalue weighted by Gasteiger charge is -2.38. The summed E-state index contributed by atoms with van der Waals surface area (Å²) in [6.45, 7) is 3.80. The summed E-state index contributed by atoms with van der Waals surface area (Å²) in [4.78, 5) is 4.30. The van der Waals surface area contributed by atoms with E-state index in [-0.39, 0.29) is 5.23 Å². The molecule has 88 valence electrons. The molecule has 1 saturated heterocycles. The van der Waals surface area contributed by atoms with Crippen molar-refractivity contribution in [3.8, 4) is 0 Å². The van der Waals surface area contributed by atoms with Crippen molar-refractivity contribution in [2.24, 2.45) is 0 Å². The highest BCUT2D eigenvalue weighted by Gasteiger charge is 2.11. The molecule has 1 aromatic rings. The molecule has 1 fully saturated rings. The molecule has 0 saturated carbocycles. The zero-order valence-corrected chi connectivity index (χ0v) is 9.08. The minimum atomic E-state index is 0.123. The maximum absolute atomic E-state index is 8.82. The van der Waals surface area contributed by atoms with Crippen LogP contribution < -0.4 is 10.1 Å². The molecule has 0 aromatic heterocycles. The molecule has 0 bridgehead atoms. The van der Waals surface area contributed by atoms with Crippen LogP contribution in [0.5, 0.6) is 0 Å². The second kappa shape index (κ2) is 4.69. The average Bonchev–Trinajstić information content (AvgIpc) is 2.30. The smallest absolute Gasteiger partial charge is 0.0944 e. The molecule has 0 spiro atoms. The van der Waals surface area contributed by atoms with Gasteiger partial charge in [0.05, 0.1) is 5.69 Å². The van der Waals surface area contributed by atoms with Gasteiger partial charge in [-0.3, -0.25) is 17.5 Å². The van der Waals surface area contributed by atoms with Crippen molar-refractivity contribution in [2.75, 3.05) is 36.3 Å². The predicted molar refractivity (Wildman–Crippen MR) is 61.6 cm³/mol. The molecule has 5 nitrogen and oxygen atoms in total. The van der Waals surface area contributed by atoms with Crippen LogP contribution in [0.4, 0.5) is 11.4 Å². The molecule has 5 heteroatoms. The lowest BCUT2D eigenvalue weighted by Crippen LogP contribution is -2.43. The lowest BCUT2D eigenvalue weighted by atomic mass is 10.2. The van der Waals surface area contributed by atoms with Gasteiger partial charge in [-0.05, 0) is 37.4 Å². The van der Waals surface area contributed by atoms with Crippen molar-refractivity contribution in [1.82, 2.24) is 4.90 Å². The van der Waals surface area contributed by atoms with Gasteiger partial charge in [0.1, 0.15) is 0 Å². The van der Waals surface area contributed by atoms with Gasteiger partial charge >= 0.3 is 0 Å². The number of hydrogen-bond acceptors (Lipinski definition) is 5. The third kappa shape index (κ3) is 2.44. The van der Waals surface area contributed by atoms with Gasteiger partial charge in [0.25, 0.3) is 0 Å². The van der Waals surface area contributed by atoms with E-state index in [1.54, 1.807) is 12.1 Å². The van der Waals surface area contributed by atoms with E-state index in [0.717, 1.165) is 31.9 Å². The summed E-state index contributed by atoms with van der Waals surface area (Å²) in [5, 5.41) is 17.8. The largest absolute Gasteiger partial charge is 0.456 e. The second-order valence-electron chi connectivity index (χ2n) is 3.91. The van der Waals surface area contributed by atoms with Crippen LogP contribution in [-0.4, -0.2) is 41.5 Å². The molecule has 0 aliphatic carbocycles. The van der Waals surface area contributed by atoms with Gasteiger partial charge in [0.2, 0.25) is 0 Å². The topological polar surface area (TPSA) is 50.2 Å². The van der Waals surface area contributed by atoms with Gasteiger partial charge in [-0.2, -0.15) is 0 Å². The fourth-order valence-electron chi connectivity index (χ4n) is 1.80. The number of benzene rings is 1. The van der Waals surface area contributed by atoms with Crippen LogP contribution in [0, 0.1) is 7.05 Å². The lowest BCUT2D eigenvalue weighted by molar-refractivity contribution is 0.0292. The quantitative estimate of drug-likeness (QED) is 0.581. The van der Waals surface area contributed by atoms with Crippen LogP contribution in [-0.2, 0) is 0 Å². The Hall–Kier alpha value is -1.30. The maximum Gasteiger partial charge on any atom is 0.0944 e. The molecule has 0 radical (unpaired) electrons. The molecule has 0 atom stereocenters. The standard InChI is InChI=1S/C11H16N3O2/c1-12-6-8-13(9-7-12)10-2-4-11(5-3-10)14(15)16/h2-5,15-16H,1,6-9H2/q-1. The summed E-state index contributed by atoms with van der Waals surface area (Å²) in [6.07, 6.45) is 0. The SMILES string of the molecule is [CH2-]N1CCN(c2ccc(N(O)O)cc2)CC1. The summed E-state index contributed by atoms with van der Waals surface area (Å²) < 4.78 is 0. The number of piperazine rings is 1. The van der Waals surface area contributed by atoms with Gasteiger partial charge in [-0.15, -0.1) is 5.23 Å². The van der Waals surface area contributed by atoms with Crippen LogP contribution in [0.3, 0.4) is 0 Å². The summed E-state index contributed by atoms with van der Waals surface area (Å²) in [5.41, 5.74) is 1.46. The first-order chi connectivity index (χ1) is 7.66. The van der Waals surface area contributed by atoms with Crippen LogP contribution in [0.15, 0.2) is 24.3 Å². The Morgan fingerprint density at radius 1 is 1.00 bits per heavy atom. The normalized spacial score (nSPS) is 17.6. The van der Waals surface area contributed by atoms with E-state index in [0.29, 0.717) is 5.69 Å². The van der Waals surface area contributed by atoms with Crippen LogP contribution >= 0.6 is 0 Å². The van der Waals surface area contributed by atoms with Gasteiger partial charge < -0.3 is 9.80 Å². The van der Waals surface area contributed by atoms with Gasteiger partial charge in [0, 0.05) is 18.8 Å². The maximum atomic E-state index is 8.82. The molecular weight excluding hydrogens is 206 g/mol. The van der Waals surface area contributed by atoms with Gasteiger partial charge in [0.15, 0.2) is 0 Å². The molecule has 2 N–H and O–H groups in total. The van der Waals surface area contributed by atoms with E-state index in [1.807, 2.05) is 17.0 Å². The fraction of sp³-hybridized carbons (Fsp3) is 0.364. The highest BCUT2D eigenvalue weighted by Crippen LogP contribution is 2.20. The summed E-state index contributed by atoms with van der Waals surface area (Å²) in [6, 6.07) is 7.11. The Morgan fingerprint density at radius 3 is 2.06 bits per heavy atom. The van der Waals surface area contributed by atoms with Crippen molar-refractivity contribution in [1.29, 1.82) is 0 Å². The van der Waals surface area contributed by atoms with Gasteiger partial charge in [-0.1, -0.05) is 0 Å². The summed E-state index contributed by atoms with van der Waals surface area (Å²) >= 11 is 0.